The summed E-state index contributed by atoms with van der Waals surface area (Å²) in [5, 5.41) is 0. The molecule has 1 rings (SSSR count). The number of aryl methyl sites for hydroxylation is 1. The third-order valence-electron chi connectivity index (χ3n) is 1.88. The van der Waals surface area contributed by atoms with Gasteiger partial charge in [0.05, 0.1) is 15.9 Å². The highest BCUT2D eigenvalue weighted by atomic mass is 79.9. The van der Waals surface area contributed by atoms with Gasteiger partial charge < -0.3 is 0 Å². The number of benzene rings is 1. The summed E-state index contributed by atoms with van der Waals surface area (Å²) in [5.74, 6) is -0.600. The lowest BCUT2D eigenvalue weighted by Gasteiger charge is -2.10. The fourth-order valence-corrected chi connectivity index (χ4v) is 2.89. The van der Waals surface area contributed by atoms with E-state index < -0.39 is 15.8 Å². The second-order valence-electron chi connectivity index (χ2n) is 3.19. The zero-order valence-corrected chi connectivity index (χ0v) is 11.6. The lowest BCUT2D eigenvalue weighted by atomic mass is 10.2. The first-order valence-corrected chi connectivity index (χ1v) is 7.36. The first-order valence-electron chi connectivity index (χ1n) is 4.38. The van der Waals surface area contributed by atoms with Crippen molar-refractivity contribution in [3.8, 4) is 0 Å². The molecule has 3 nitrogen and oxygen atoms in total. The summed E-state index contributed by atoms with van der Waals surface area (Å²) in [7, 11) is -3.46. The van der Waals surface area contributed by atoms with Crippen LogP contribution in [0.1, 0.15) is 5.56 Å². The van der Waals surface area contributed by atoms with Crippen LogP contribution < -0.4 is 4.72 Å². The fourth-order valence-electron chi connectivity index (χ4n) is 1.08. The Morgan fingerprint density at radius 2 is 2.12 bits per heavy atom. The zero-order valence-electron chi connectivity index (χ0n) is 8.43. The molecule has 0 bridgehead atoms. The van der Waals surface area contributed by atoms with Gasteiger partial charge in [-0.15, -0.1) is 11.6 Å². The van der Waals surface area contributed by atoms with E-state index in [-0.39, 0.29) is 16.1 Å². The molecule has 0 aliphatic carbocycles. The highest BCUT2D eigenvalue weighted by Crippen LogP contribution is 2.24. The third-order valence-corrected chi connectivity index (χ3v) is 4.17. The second-order valence-corrected chi connectivity index (χ2v) is 6.27. The van der Waals surface area contributed by atoms with E-state index >= 15 is 0 Å². The van der Waals surface area contributed by atoms with Crippen LogP contribution >= 0.6 is 27.5 Å². The van der Waals surface area contributed by atoms with E-state index in [9.17, 15) is 12.8 Å². The maximum absolute atomic E-state index is 13.1. The predicted molar refractivity (Wildman–Crippen MR) is 67.0 cm³/mol. The topological polar surface area (TPSA) is 46.2 Å². The predicted octanol–water partition coefficient (Wildman–Crippen LogP) is 2.88. The van der Waals surface area contributed by atoms with E-state index in [0.29, 0.717) is 11.3 Å². The highest BCUT2D eigenvalue weighted by Gasteiger charge is 2.12. The van der Waals surface area contributed by atoms with Gasteiger partial charge in [0.15, 0.2) is 0 Å². The Labute approximate surface area is 107 Å². The average Bonchev–Trinajstić information content (AvgIpc) is 2.13. The average molecular weight is 331 g/mol. The molecule has 1 aromatic rings. The fraction of sp³-hybridized carbons (Fsp3) is 0.333. The molecule has 0 amide bonds. The molecule has 7 heteroatoms. The summed E-state index contributed by atoms with van der Waals surface area (Å²) in [6.45, 7) is 1.62. The lowest BCUT2D eigenvalue weighted by molar-refractivity contribution is 0.602. The molecular weight excluding hydrogens is 321 g/mol. The van der Waals surface area contributed by atoms with Crippen molar-refractivity contribution >= 4 is 43.2 Å². The molecule has 1 aromatic carbocycles. The van der Waals surface area contributed by atoms with Gasteiger partial charge in [0.25, 0.3) is 0 Å². The van der Waals surface area contributed by atoms with E-state index in [4.69, 9.17) is 11.6 Å². The Kier molecular flexibility index (Phi) is 4.58. The van der Waals surface area contributed by atoms with E-state index in [1.165, 1.54) is 12.1 Å². The van der Waals surface area contributed by atoms with Crippen LogP contribution in [0.2, 0.25) is 0 Å². The van der Waals surface area contributed by atoms with Gasteiger partial charge in [0.2, 0.25) is 10.0 Å². The molecule has 0 aromatic heterocycles. The number of hydrogen-bond donors (Lipinski definition) is 1. The number of halogens is 3. The van der Waals surface area contributed by atoms with Gasteiger partial charge in [0.1, 0.15) is 5.82 Å². The van der Waals surface area contributed by atoms with Gasteiger partial charge in [-0.3, -0.25) is 4.72 Å². The van der Waals surface area contributed by atoms with Crippen LogP contribution in [-0.4, -0.2) is 20.1 Å². The SMILES string of the molecule is Cc1cc(F)c(Br)cc1NS(=O)(=O)CCCl. The van der Waals surface area contributed by atoms with Crippen molar-refractivity contribution in [2.24, 2.45) is 0 Å². The monoisotopic (exact) mass is 329 g/mol. The van der Waals surface area contributed by atoms with Crippen molar-refractivity contribution in [3.05, 3.63) is 28.0 Å². The zero-order chi connectivity index (χ0) is 12.3. The van der Waals surface area contributed by atoms with Gasteiger partial charge >= 0.3 is 0 Å². The summed E-state index contributed by atoms with van der Waals surface area (Å²) in [6.07, 6.45) is 0. The van der Waals surface area contributed by atoms with Crippen molar-refractivity contribution in [2.75, 3.05) is 16.4 Å². The van der Waals surface area contributed by atoms with Crippen molar-refractivity contribution in [1.82, 2.24) is 0 Å². The van der Waals surface area contributed by atoms with Gasteiger partial charge in [-0.2, -0.15) is 0 Å². The summed E-state index contributed by atoms with van der Waals surface area (Å²) in [5.41, 5.74) is 0.859. The molecule has 16 heavy (non-hydrogen) atoms. The minimum atomic E-state index is -3.46. The highest BCUT2D eigenvalue weighted by molar-refractivity contribution is 9.10. The lowest BCUT2D eigenvalue weighted by Crippen LogP contribution is -2.18. The van der Waals surface area contributed by atoms with E-state index in [0.717, 1.165) is 0 Å². The number of sulfonamides is 1. The smallest absolute Gasteiger partial charge is 0.233 e. The van der Waals surface area contributed by atoms with Crippen LogP contribution in [0.3, 0.4) is 0 Å². The normalized spacial score (nSPS) is 11.5. The molecule has 90 valence electrons. The summed E-state index contributed by atoms with van der Waals surface area (Å²) < 4.78 is 38.5. The van der Waals surface area contributed by atoms with E-state index in [2.05, 4.69) is 20.7 Å². The van der Waals surface area contributed by atoms with Crippen molar-refractivity contribution in [3.63, 3.8) is 0 Å². The van der Waals surface area contributed by atoms with Crippen LogP contribution in [0.4, 0.5) is 10.1 Å². The van der Waals surface area contributed by atoms with Crippen LogP contribution in [0.25, 0.3) is 0 Å². The van der Waals surface area contributed by atoms with Gasteiger partial charge in [0, 0.05) is 5.88 Å². The largest absolute Gasteiger partial charge is 0.283 e. The number of rotatable bonds is 4. The van der Waals surface area contributed by atoms with Crippen LogP contribution in [-0.2, 0) is 10.0 Å². The second kappa shape index (κ2) is 5.33. The van der Waals surface area contributed by atoms with Crippen LogP contribution in [0.5, 0.6) is 0 Å². The summed E-state index contributed by atoms with van der Waals surface area (Å²) in [6, 6.07) is 2.64. The quantitative estimate of drug-likeness (QED) is 0.863. The number of hydrogen-bond acceptors (Lipinski definition) is 2. The van der Waals surface area contributed by atoms with E-state index in [1.54, 1.807) is 6.92 Å². The molecule has 0 spiro atoms. The maximum atomic E-state index is 13.1. The van der Waals surface area contributed by atoms with Gasteiger partial charge in [-0.1, -0.05) is 0 Å². The molecule has 0 unspecified atom stereocenters. The Bertz CT molecular complexity index is 493. The molecule has 0 radical (unpaired) electrons. The Balaban J connectivity index is 3.03. The summed E-state index contributed by atoms with van der Waals surface area (Å²) >= 11 is 8.35. The van der Waals surface area contributed by atoms with E-state index in [1.807, 2.05) is 0 Å². The first-order chi connectivity index (χ1) is 7.35. The Morgan fingerprint density at radius 3 is 2.69 bits per heavy atom. The van der Waals surface area contributed by atoms with Gasteiger partial charge in [-0.25, -0.2) is 12.8 Å². The molecule has 0 saturated heterocycles. The number of anilines is 1. The third kappa shape index (κ3) is 3.61. The minimum absolute atomic E-state index is 0.0107. The van der Waals surface area contributed by atoms with Crippen LogP contribution in [0, 0.1) is 12.7 Å². The van der Waals surface area contributed by atoms with Gasteiger partial charge in [-0.05, 0) is 40.5 Å². The molecule has 0 aliphatic heterocycles. The van der Waals surface area contributed by atoms with Crippen molar-refractivity contribution in [1.29, 1.82) is 0 Å². The molecule has 1 N–H and O–H groups in total. The van der Waals surface area contributed by atoms with Crippen molar-refractivity contribution < 1.29 is 12.8 Å². The first kappa shape index (κ1) is 13.7. The number of alkyl halides is 1. The standard InChI is InChI=1S/C9H10BrClFNO2S/c1-6-4-8(12)7(10)5-9(6)13-16(14,15)3-2-11/h4-5,13H,2-3H2,1H3. The Morgan fingerprint density at radius 1 is 1.50 bits per heavy atom. The number of nitrogens with one attached hydrogen (secondary N) is 1. The molecule has 0 fully saturated rings. The van der Waals surface area contributed by atoms with Crippen LogP contribution in [0.15, 0.2) is 16.6 Å². The Hall–Kier alpha value is -0.330. The molecular formula is C9H10BrClFNO2S. The maximum Gasteiger partial charge on any atom is 0.233 e. The van der Waals surface area contributed by atoms with Crippen molar-refractivity contribution in [2.45, 2.75) is 6.92 Å². The molecule has 0 atom stereocenters. The summed E-state index contributed by atoms with van der Waals surface area (Å²) in [4.78, 5) is 0. The molecule has 0 heterocycles. The molecule has 0 aliphatic rings. The molecule has 0 saturated carbocycles. The minimum Gasteiger partial charge on any atom is -0.283 e.